The lowest BCUT2D eigenvalue weighted by molar-refractivity contribution is -0.119. The minimum absolute atomic E-state index is 0.0849. The highest BCUT2D eigenvalue weighted by molar-refractivity contribution is 7.99. The molecule has 0 aliphatic heterocycles. The summed E-state index contributed by atoms with van der Waals surface area (Å²) < 4.78 is 0. The number of amides is 1. The van der Waals surface area contributed by atoms with Crippen molar-refractivity contribution in [2.24, 2.45) is 0 Å². The fourth-order valence-corrected chi connectivity index (χ4v) is 3.21. The smallest absolute Gasteiger partial charge is 0.217 e. The van der Waals surface area contributed by atoms with Crippen LogP contribution in [0.1, 0.15) is 46.0 Å². The van der Waals surface area contributed by atoms with Gasteiger partial charge in [0.05, 0.1) is 0 Å². The molecular weight excluding hydrogens is 194 g/mol. The maximum atomic E-state index is 10.8. The van der Waals surface area contributed by atoms with E-state index in [1.807, 2.05) is 11.8 Å². The van der Waals surface area contributed by atoms with Crippen molar-refractivity contribution in [2.75, 3.05) is 5.75 Å². The molecule has 1 rings (SSSR count). The first-order chi connectivity index (χ1) is 6.68. The highest BCUT2D eigenvalue weighted by Gasteiger charge is 2.14. The lowest BCUT2D eigenvalue weighted by Gasteiger charge is -2.22. The SMILES string of the molecule is CC(=O)N[C@@H](C)CSC1CCCCC1. The van der Waals surface area contributed by atoms with Crippen LogP contribution in [0.4, 0.5) is 0 Å². The maximum absolute atomic E-state index is 10.8. The van der Waals surface area contributed by atoms with Crippen molar-refractivity contribution in [1.29, 1.82) is 0 Å². The van der Waals surface area contributed by atoms with E-state index in [1.54, 1.807) is 6.92 Å². The number of thioether (sulfide) groups is 1. The second-order valence-electron chi connectivity index (χ2n) is 4.19. The van der Waals surface area contributed by atoms with E-state index < -0.39 is 0 Å². The summed E-state index contributed by atoms with van der Waals surface area (Å²) in [5, 5.41) is 3.77. The zero-order chi connectivity index (χ0) is 10.4. The van der Waals surface area contributed by atoms with E-state index >= 15 is 0 Å². The van der Waals surface area contributed by atoms with Crippen LogP contribution in [0.5, 0.6) is 0 Å². The first kappa shape index (κ1) is 11.9. The van der Waals surface area contributed by atoms with Gasteiger partial charge in [0.2, 0.25) is 5.91 Å². The molecule has 82 valence electrons. The number of carbonyl (C=O) groups is 1. The number of carbonyl (C=O) groups excluding carboxylic acids is 1. The molecule has 2 nitrogen and oxygen atoms in total. The second kappa shape index (κ2) is 6.33. The summed E-state index contributed by atoms with van der Waals surface area (Å²) in [6.45, 7) is 3.67. The van der Waals surface area contributed by atoms with E-state index in [9.17, 15) is 4.79 Å². The van der Waals surface area contributed by atoms with Crippen molar-refractivity contribution in [3.05, 3.63) is 0 Å². The van der Waals surface area contributed by atoms with Gasteiger partial charge >= 0.3 is 0 Å². The Hall–Kier alpha value is -0.180. The average Bonchev–Trinajstić information content (AvgIpc) is 2.15. The van der Waals surface area contributed by atoms with Crippen LogP contribution < -0.4 is 5.32 Å². The molecule has 1 fully saturated rings. The predicted molar refractivity (Wildman–Crippen MR) is 62.6 cm³/mol. The van der Waals surface area contributed by atoms with Crippen molar-refractivity contribution in [3.63, 3.8) is 0 Å². The third-order valence-corrected chi connectivity index (χ3v) is 4.22. The normalized spacial score (nSPS) is 20.4. The molecular formula is C11H21NOS. The molecule has 0 bridgehead atoms. The summed E-state index contributed by atoms with van der Waals surface area (Å²) in [5.41, 5.74) is 0. The zero-order valence-corrected chi connectivity index (χ0v) is 10.0. The molecule has 0 saturated heterocycles. The van der Waals surface area contributed by atoms with Crippen molar-refractivity contribution in [1.82, 2.24) is 5.32 Å². The van der Waals surface area contributed by atoms with Gasteiger partial charge in [-0.2, -0.15) is 11.8 Å². The van der Waals surface area contributed by atoms with Gasteiger partial charge in [0, 0.05) is 24.0 Å². The Kier molecular flexibility index (Phi) is 5.38. The Balaban J connectivity index is 2.09. The van der Waals surface area contributed by atoms with Crippen LogP contribution in [-0.2, 0) is 4.79 Å². The minimum Gasteiger partial charge on any atom is -0.353 e. The molecule has 1 saturated carbocycles. The number of rotatable bonds is 4. The predicted octanol–water partition coefficient (Wildman–Crippen LogP) is 2.58. The fourth-order valence-electron chi connectivity index (χ4n) is 1.90. The fraction of sp³-hybridized carbons (Fsp3) is 0.909. The van der Waals surface area contributed by atoms with Gasteiger partial charge in [0.15, 0.2) is 0 Å². The van der Waals surface area contributed by atoms with Gasteiger partial charge in [0.1, 0.15) is 0 Å². The van der Waals surface area contributed by atoms with Gasteiger partial charge in [-0.15, -0.1) is 0 Å². The number of hydrogen-bond donors (Lipinski definition) is 1. The molecule has 14 heavy (non-hydrogen) atoms. The molecule has 0 aromatic carbocycles. The Labute approximate surface area is 91.2 Å². The highest BCUT2D eigenvalue weighted by atomic mass is 32.2. The molecule has 1 N–H and O–H groups in total. The average molecular weight is 215 g/mol. The van der Waals surface area contributed by atoms with Crippen LogP contribution in [0.3, 0.4) is 0 Å². The quantitative estimate of drug-likeness (QED) is 0.781. The summed E-state index contributed by atoms with van der Waals surface area (Å²) in [5.74, 6) is 1.14. The van der Waals surface area contributed by atoms with Crippen molar-refractivity contribution >= 4 is 17.7 Å². The van der Waals surface area contributed by atoms with Crippen molar-refractivity contribution in [3.8, 4) is 0 Å². The van der Waals surface area contributed by atoms with Gasteiger partial charge in [0.25, 0.3) is 0 Å². The molecule has 0 spiro atoms. The molecule has 0 radical (unpaired) electrons. The minimum atomic E-state index is 0.0849. The molecule has 0 unspecified atom stereocenters. The molecule has 1 aliphatic carbocycles. The first-order valence-corrected chi connectivity index (χ1v) is 6.62. The molecule has 3 heteroatoms. The molecule has 1 aliphatic rings. The lowest BCUT2D eigenvalue weighted by Crippen LogP contribution is -2.32. The molecule has 1 atom stereocenters. The highest BCUT2D eigenvalue weighted by Crippen LogP contribution is 2.28. The van der Waals surface area contributed by atoms with Crippen molar-refractivity contribution < 1.29 is 4.79 Å². The zero-order valence-electron chi connectivity index (χ0n) is 9.21. The monoisotopic (exact) mass is 215 g/mol. The second-order valence-corrected chi connectivity index (χ2v) is 5.53. The van der Waals surface area contributed by atoms with E-state index in [-0.39, 0.29) is 5.91 Å². The standard InChI is InChI=1S/C11H21NOS/c1-9(12-10(2)13)8-14-11-6-4-3-5-7-11/h9,11H,3-8H2,1-2H3,(H,12,13)/t9-/m0/s1. The van der Waals surface area contributed by atoms with E-state index in [4.69, 9.17) is 0 Å². The topological polar surface area (TPSA) is 29.1 Å². The Morgan fingerprint density at radius 1 is 1.43 bits per heavy atom. The van der Waals surface area contributed by atoms with E-state index in [0.29, 0.717) is 6.04 Å². The van der Waals surface area contributed by atoms with Crippen molar-refractivity contribution in [2.45, 2.75) is 57.2 Å². The molecule has 0 aromatic rings. The van der Waals surface area contributed by atoms with E-state index in [0.717, 1.165) is 11.0 Å². The van der Waals surface area contributed by atoms with Crippen LogP contribution in [0.2, 0.25) is 0 Å². The summed E-state index contributed by atoms with van der Waals surface area (Å²) >= 11 is 2.03. The van der Waals surface area contributed by atoms with Crippen LogP contribution in [-0.4, -0.2) is 23.0 Å². The van der Waals surface area contributed by atoms with Gasteiger partial charge in [-0.3, -0.25) is 4.79 Å². The largest absolute Gasteiger partial charge is 0.353 e. The number of nitrogens with one attached hydrogen (secondary N) is 1. The molecule has 0 heterocycles. The van der Waals surface area contributed by atoms with Gasteiger partial charge in [-0.05, 0) is 19.8 Å². The Morgan fingerprint density at radius 3 is 2.64 bits per heavy atom. The summed E-state index contributed by atoms with van der Waals surface area (Å²) in [6, 6.07) is 0.319. The molecule has 0 aromatic heterocycles. The summed E-state index contributed by atoms with van der Waals surface area (Å²) in [4.78, 5) is 10.8. The van der Waals surface area contributed by atoms with Gasteiger partial charge < -0.3 is 5.32 Å². The maximum Gasteiger partial charge on any atom is 0.217 e. The van der Waals surface area contributed by atoms with E-state index in [1.165, 1.54) is 32.1 Å². The van der Waals surface area contributed by atoms with Crippen LogP contribution in [0.15, 0.2) is 0 Å². The Bertz CT molecular complexity index is 178. The van der Waals surface area contributed by atoms with Gasteiger partial charge in [-0.1, -0.05) is 19.3 Å². The molecule has 1 amide bonds. The van der Waals surface area contributed by atoms with E-state index in [2.05, 4.69) is 12.2 Å². The third kappa shape index (κ3) is 4.89. The van der Waals surface area contributed by atoms with Crippen LogP contribution in [0, 0.1) is 0 Å². The summed E-state index contributed by atoms with van der Waals surface area (Å²) in [6.07, 6.45) is 6.95. The van der Waals surface area contributed by atoms with Crippen LogP contribution >= 0.6 is 11.8 Å². The lowest BCUT2D eigenvalue weighted by atomic mass is 10.0. The van der Waals surface area contributed by atoms with Crippen LogP contribution in [0.25, 0.3) is 0 Å². The first-order valence-electron chi connectivity index (χ1n) is 5.57. The van der Waals surface area contributed by atoms with Gasteiger partial charge in [-0.25, -0.2) is 0 Å². The summed E-state index contributed by atoms with van der Waals surface area (Å²) in [7, 11) is 0. The number of hydrogen-bond acceptors (Lipinski definition) is 2. The Morgan fingerprint density at radius 2 is 2.07 bits per heavy atom. The third-order valence-electron chi connectivity index (χ3n) is 2.58.